The number of aliphatic hydroxyl groups excluding tert-OH is 1. The Labute approximate surface area is 151 Å². The maximum absolute atomic E-state index is 12.4. The number of rotatable bonds is 5. The van der Waals surface area contributed by atoms with Crippen LogP contribution in [0.5, 0.6) is 0 Å². The highest BCUT2D eigenvalue weighted by Gasteiger charge is 2.29. The van der Waals surface area contributed by atoms with Gasteiger partial charge in [-0.3, -0.25) is 0 Å². The van der Waals surface area contributed by atoms with Crippen LogP contribution in [0.3, 0.4) is 0 Å². The Morgan fingerprint density at radius 2 is 1.92 bits per heavy atom. The van der Waals surface area contributed by atoms with Crippen molar-refractivity contribution in [1.82, 2.24) is 0 Å². The van der Waals surface area contributed by atoms with Crippen LogP contribution in [0.2, 0.25) is 5.02 Å². The summed E-state index contributed by atoms with van der Waals surface area (Å²) in [5.74, 6) is 0. The van der Waals surface area contributed by atoms with Crippen LogP contribution >= 0.6 is 23.4 Å². The van der Waals surface area contributed by atoms with Crippen molar-refractivity contribution in [3.8, 4) is 0 Å². The molecule has 0 radical (unpaired) electrons. The van der Waals surface area contributed by atoms with Gasteiger partial charge in [0.25, 0.3) is 0 Å². The summed E-state index contributed by atoms with van der Waals surface area (Å²) >= 11 is 5.64. The topological polar surface area (TPSA) is 61.4 Å². The Kier molecular flexibility index (Phi) is 6.57. The van der Waals surface area contributed by atoms with Crippen molar-refractivity contribution in [3.05, 3.63) is 53.1 Å². The average Bonchev–Trinajstić information content (AvgIpc) is 2.48. The molecule has 0 saturated carbocycles. The Hall–Kier alpha value is -1.90. The lowest BCUT2D eigenvalue weighted by Crippen LogP contribution is -2.20. The second kappa shape index (κ2) is 8.46. The first-order chi connectivity index (χ1) is 11.8. The summed E-state index contributed by atoms with van der Waals surface area (Å²) in [6.45, 7) is -0.103. The number of hydrogen-bond acceptors (Lipinski definition) is 3. The normalized spacial score (nSPS) is 11.2. The van der Waals surface area contributed by atoms with Crippen molar-refractivity contribution in [1.29, 1.82) is 0 Å². The summed E-state index contributed by atoms with van der Waals surface area (Å²) < 4.78 is 37.2. The van der Waals surface area contributed by atoms with Gasteiger partial charge in [0.05, 0.1) is 0 Å². The van der Waals surface area contributed by atoms with Gasteiger partial charge < -0.3 is 15.7 Å². The second-order valence-corrected chi connectivity index (χ2v) is 6.50. The summed E-state index contributed by atoms with van der Waals surface area (Å²) in [7, 11) is 0. The van der Waals surface area contributed by atoms with Gasteiger partial charge in [-0.2, -0.15) is 13.2 Å². The quantitative estimate of drug-likeness (QED) is 0.620. The third-order valence-corrected chi connectivity index (χ3v) is 3.98. The molecule has 0 aliphatic rings. The number of carbonyl (C=O) groups is 1. The number of hydrogen-bond donors (Lipinski definition) is 3. The van der Waals surface area contributed by atoms with Gasteiger partial charge in [-0.05, 0) is 54.1 Å². The molecule has 0 bridgehead atoms. The molecule has 2 aromatic carbocycles. The van der Waals surface area contributed by atoms with Crippen LogP contribution in [0.15, 0.2) is 47.4 Å². The van der Waals surface area contributed by atoms with Gasteiger partial charge in [0.2, 0.25) is 0 Å². The fraction of sp³-hybridized carbons (Fsp3) is 0.188. The highest BCUT2D eigenvalue weighted by Crippen LogP contribution is 2.37. The van der Waals surface area contributed by atoms with Crippen molar-refractivity contribution < 1.29 is 23.1 Å². The maximum atomic E-state index is 12.4. The fourth-order valence-corrected chi connectivity index (χ4v) is 2.83. The zero-order chi connectivity index (χ0) is 18.4. The van der Waals surface area contributed by atoms with E-state index >= 15 is 0 Å². The molecule has 134 valence electrons. The van der Waals surface area contributed by atoms with Gasteiger partial charge in [0.15, 0.2) is 0 Å². The van der Waals surface area contributed by atoms with Crippen molar-refractivity contribution in [2.75, 3.05) is 17.2 Å². The molecule has 4 nitrogen and oxygen atoms in total. The predicted octanol–water partition coefficient (Wildman–Crippen LogP) is 5.13. The van der Waals surface area contributed by atoms with E-state index in [9.17, 15) is 18.0 Å². The highest BCUT2D eigenvalue weighted by molar-refractivity contribution is 8.00. The standard InChI is InChI=1S/C16H14ClF3N2O2S/c17-11-5-4-10(6-7-23)14(8-11)22-15(24)21-12-2-1-3-13(9-12)25-16(18,19)20/h1-5,8-9,23H,6-7H2,(H2,21,22,24). The van der Waals surface area contributed by atoms with E-state index in [1.807, 2.05) is 0 Å². The number of aliphatic hydroxyl groups is 1. The first-order valence-electron chi connectivity index (χ1n) is 7.10. The van der Waals surface area contributed by atoms with E-state index in [0.29, 0.717) is 22.7 Å². The minimum absolute atomic E-state index is 0.0333. The number of anilines is 2. The minimum atomic E-state index is -4.40. The SMILES string of the molecule is O=C(Nc1cccc(SC(F)(F)F)c1)Nc1cc(Cl)ccc1CCO. The molecule has 2 rings (SSSR count). The smallest absolute Gasteiger partial charge is 0.396 e. The van der Waals surface area contributed by atoms with Crippen LogP contribution < -0.4 is 10.6 Å². The Balaban J connectivity index is 2.08. The summed E-state index contributed by atoms with van der Waals surface area (Å²) in [5.41, 5.74) is -3.08. The van der Waals surface area contributed by atoms with E-state index in [1.54, 1.807) is 12.1 Å². The predicted molar refractivity (Wildman–Crippen MR) is 93.2 cm³/mol. The van der Waals surface area contributed by atoms with Crippen LogP contribution in [-0.4, -0.2) is 23.3 Å². The molecule has 2 amide bonds. The van der Waals surface area contributed by atoms with E-state index in [2.05, 4.69) is 10.6 Å². The molecule has 9 heteroatoms. The molecule has 3 N–H and O–H groups in total. The number of urea groups is 1. The van der Waals surface area contributed by atoms with E-state index in [4.69, 9.17) is 16.7 Å². The van der Waals surface area contributed by atoms with Crippen molar-refractivity contribution >= 4 is 40.8 Å². The molecule has 0 heterocycles. The Morgan fingerprint density at radius 3 is 2.60 bits per heavy atom. The molecule has 0 aliphatic carbocycles. The molecule has 2 aromatic rings. The van der Waals surface area contributed by atoms with E-state index in [-0.39, 0.29) is 29.0 Å². The lowest BCUT2D eigenvalue weighted by Gasteiger charge is -2.13. The lowest BCUT2D eigenvalue weighted by molar-refractivity contribution is -0.0328. The zero-order valence-corrected chi connectivity index (χ0v) is 14.3. The number of carbonyl (C=O) groups excluding carboxylic acids is 1. The van der Waals surface area contributed by atoms with Crippen LogP contribution in [-0.2, 0) is 6.42 Å². The third-order valence-electron chi connectivity index (χ3n) is 3.03. The summed E-state index contributed by atoms with van der Waals surface area (Å²) in [4.78, 5) is 12.1. The first kappa shape index (κ1) is 19.4. The Morgan fingerprint density at radius 1 is 1.16 bits per heavy atom. The molecule has 0 atom stereocenters. The fourth-order valence-electron chi connectivity index (χ4n) is 2.06. The Bertz CT molecular complexity index is 756. The molecule has 0 aliphatic heterocycles. The van der Waals surface area contributed by atoms with Crippen LogP contribution in [0.1, 0.15) is 5.56 Å². The summed E-state index contributed by atoms with van der Waals surface area (Å²) in [6.07, 6.45) is 0.324. The lowest BCUT2D eigenvalue weighted by atomic mass is 10.1. The summed E-state index contributed by atoms with van der Waals surface area (Å²) in [6, 6.07) is 9.63. The number of alkyl halides is 3. The monoisotopic (exact) mass is 390 g/mol. The van der Waals surface area contributed by atoms with Crippen LogP contribution in [0, 0.1) is 0 Å². The number of nitrogens with one attached hydrogen (secondary N) is 2. The second-order valence-electron chi connectivity index (χ2n) is 4.93. The molecule has 0 fully saturated rings. The van der Waals surface area contributed by atoms with Gasteiger partial charge in [0, 0.05) is 27.9 Å². The molecule has 0 saturated heterocycles. The number of halogens is 4. The maximum Gasteiger partial charge on any atom is 0.446 e. The van der Waals surface area contributed by atoms with Crippen molar-refractivity contribution in [3.63, 3.8) is 0 Å². The van der Waals surface area contributed by atoms with Gasteiger partial charge in [0.1, 0.15) is 0 Å². The molecular weight excluding hydrogens is 377 g/mol. The van der Waals surface area contributed by atoms with Crippen molar-refractivity contribution in [2.24, 2.45) is 0 Å². The molecule has 0 spiro atoms. The van der Waals surface area contributed by atoms with E-state index < -0.39 is 11.5 Å². The van der Waals surface area contributed by atoms with E-state index in [0.717, 1.165) is 0 Å². The number of amides is 2. The minimum Gasteiger partial charge on any atom is -0.396 e. The van der Waals surface area contributed by atoms with E-state index in [1.165, 1.54) is 30.3 Å². The summed E-state index contributed by atoms with van der Waals surface area (Å²) in [5, 5.41) is 14.5. The van der Waals surface area contributed by atoms with Gasteiger partial charge in [-0.1, -0.05) is 23.7 Å². The number of thioether (sulfide) groups is 1. The largest absolute Gasteiger partial charge is 0.446 e. The molecular formula is C16H14ClF3N2O2S. The molecule has 0 unspecified atom stereocenters. The molecule has 25 heavy (non-hydrogen) atoms. The van der Waals surface area contributed by atoms with Gasteiger partial charge in [-0.25, -0.2) is 4.79 Å². The molecule has 0 aromatic heterocycles. The van der Waals surface area contributed by atoms with Gasteiger partial charge in [-0.15, -0.1) is 0 Å². The van der Waals surface area contributed by atoms with Crippen molar-refractivity contribution in [2.45, 2.75) is 16.8 Å². The average molecular weight is 391 g/mol. The zero-order valence-electron chi connectivity index (χ0n) is 12.7. The van der Waals surface area contributed by atoms with Crippen LogP contribution in [0.4, 0.5) is 29.3 Å². The number of benzene rings is 2. The first-order valence-corrected chi connectivity index (χ1v) is 8.29. The highest BCUT2D eigenvalue weighted by atomic mass is 35.5. The van der Waals surface area contributed by atoms with Crippen LogP contribution in [0.25, 0.3) is 0 Å². The van der Waals surface area contributed by atoms with Gasteiger partial charge >= 0.3 is 11.5 Å². The third kappa shape index (κ3) is 6.49.